The average molecular weight is 220 g/mol. The summed E-state index contributed by atoms with van der Waals surface area (Å²) in [5, 5.41) is 0. The minimum Gasteiger partial charge on any atom is -0.360 e. The summed E-state index contributed by atoms with van der Waals surface area (Å²) in [6, 6.07) is 7.60. The first kappa shape index (κ1) is 11.0. The first-order valence-corrected chi connectivity index (χ1v) is 5.25. The normalized spacial score (nSPS) is 20.7. The van der Waals surface area contributed by atoms with Gasteiger partial charge in [0, 0.05) is 21.2 Å². The molecular weight excluding hydrogens is 204 g/mol. The Kier molecular flexibility index (Phi) is 2.83. The van der Waals surface area contributed by atoms with Gasteiger partial charge in [0.2, 0.25) is 0 Å². The number of fused-ring (bicyclic) bond motifs is 1. The summed E-state index contributed by atoms with van der Waals surface area (Å²) >= 11 is 0. The second-order valence-electron chi connectivity index (χ2n) is 4.00. The van der Waals surface area contributed by atoms with Crippen molar-refractivity contribution in [2.75, 3.05) is 32.6 Å². The molecular formula is C12H16N2O2. The lowest BCUT2D eigenvalue weighted by Crippen LogP contribution is -2.40. The lowest BCUT2D eigenvalue weighted by molar-refractivity contribution is 0.0580. The van der Waals surface area contributed by atoms with Crippen LogP contribution in [0.3, 0.4) is 0 Å². The summed E-state index contributed by atoms with van der Waals surface area (Å²) in [7, 11) is 5.40. The van der Waals surface area contributed by atoms with E-state index in [0.717, 1.165) is 11.3 Å². The number of hydrogen-bond donors (Lipinski definition) is 0. The monoisotopic (exact) mass is 220 g/mol. The van der Waals surface area contributed by atoms with Crippen LogP contribution in [-0.4, -0.2) is 44.8 Å². The number of amides is 1. The number of ether oxygens (including phenoxy) is 1. The van der Waals surface area contributed by atoms with Crippen LogP contribution in [0.25, 0.3) is 0 Å². The van der Waals surface area contributed by atoms with E-state index in [-0.39, 0.29) is 12.1 Å². The molecule has 0 radical (unpaired) electrons. The SMILES string of the molecule is COC1CN(C)C(=O)c2ccccc2N1C. The molecule has 0 aromatic heterocycles. The number of carbonyl (C=O) groups excluding carboxylic acids is 1. The van der Waals surface area contributed by atoms with E-state index in [1.165, 1.54) is 0 Å². The summed E-state index contributed by atoms with van der Waals surface area (Å²) in [6.45, 7) is 0.570. The highest BCUT2D eigenvalue weighted by molar-refractivity contribution is 6.00. The molecule has 0 aliphatic carbocycles. The van der Waals surface area contributed by atoms with Gasteiger partial charge < -0.3 is 14.5 Å². The lowest BCUT2D eigenvalue weighted by atomic mass is 10.1. The summed E-state index contributed by atoms with van der Waals surface area (Å²) in [5.74, 6) is 0.0435. The van der Waals surface area contributed by atoms with Crippen molar-refractivity contribution in [2.45, 2.75) is 6.23 Å². The number of nitrogens with zero attached hydrogens (tertiary/aromatic N) is 2. The quantitative estimate of drug-likeness (QED) is 0.712. The molecule has 16 heavy (non-hydrogen) atoms. The number of likely N-dealkylation sites (N-methyl/N-ethyl adjacent to an activating group) is 2. The Morgan fingerprint density at radius 3 is 2.69 bits per heavy atom. The van der Waals surface area contributed by atoms with Crippen LogP contribution in [-0.2, 0) is 4.74 Å². The fraction of sp³-hybridized carbons (Fsp3) is 0.417. The minimum atomic E-state index is -0.0994. The maximum Gasteiger partial charge on any atom is 0.255 e. The molecule has 86 valence electrons. The van der Waals surface area contributed by atoms with Crippen LogP contribution < -0.4 is 4.90 Å². The molecule has 0 saturated heterocycles. The Hall–Kier alpha value is -1.55. The summed E-state index contributed by atoms with van der Waals surface area (Å²) < 4.78 is 5.39. The van der Waals surface area contributed by atoms with Crippen molar-refractivity contribution < 1.29 is 9.53 Å². The zero-order valence-corrected chi connectivity index (χ0v) is 9.80. The lowest BCUT2D eigenvalue weighted by Gasteiger charge is -2.28. The van der Waals surface area contributed by atoms with Crippen LogP contribution in [0.2, 0.25) is 0 Å². The molecule has 1 aromatic rings. The third kappa shape index (κ3) is 1.65. The Morgan fingerprint density at radius 2 is 2.00 bits per heavy atom. The molecule has 0 bridgehead atoms. The van der Waals surface area contributed by atoms with E-state index >= 15 is 0 Å². The average Bonchev–Trinajstić information content (AvgIpc) is 2.41. The number of hydrogen-bond acceptors (Lipinski definition) is 3. The minimum absolute atomic E-state index is 0.0435. The van der Waals surface area contributed by atoms with Crippen molar-refractivity contribution in [2.24, 2.45) is 0 Å². The number of para-hydroxylation sites is 1. The zero-order valence-electron chi connectivity index (χ0n) is 9.80. The number of benzene rings is 1. The van der Waals surface area contributed by atoms with E-state index in [9.17, 15) is 4.79 Å². The van der Waals surface area contributed by atoms with Gasteiger partial charge in [0.15, 0.2) is 0 Å². The maximum absolute atomic E-state index is 12.1. The second-order valence-corrected chi connectivity index (χ2v) is 4.00. The van der Waals surface area contributed by atoms with E-state index in [1.54, 1.807) is 19.1 Å². The van der Waals surface area contributed by atoms with Gasteiger partial charge in [-0.2, -0.15) is 0 Å². The molecule has 1 amide bonds. The molecule has 0 saturated carbocycles. The topological polar surface area (TPSA) is 32.8 Å². The predicted octanol–water partition coefficient (Wildman–Crippen LogP) is 1.18. The van der Waals surface area contributed by atoms with Crippen LogP contribution >= 0.6 is 0 Å². The number of carbonyl (C=O) groups is 1. The fourth-order valence-corrected chi connectivity index (χ4v) is 2.00. The number of methoxy groups -OCH3 is 1. The third-order valence-electron chi connectivity index (χ3n) is 3.00. The molecule has 0 fully saturated rings. The fourth-order valence-electron chi connectivity index (χ4n) is 2.00. The van der Waals surface area contributed by atoms with Crippen molar-refractivity contribution >= 4 is 11.6 Å². The van der Waals surface area contributed by atoms with E-state index < -0.39 is 0 Å². The van der Waals surface area contributed by atoms with Gasteiger partial charge >= 0.3 is 0 Å². The molecule has 1 unspecified atom stereocenters. The summed E-state index contributed by atoms with van der Waals surface area (Å²) in [6.07, 6.45) is -0.0994. The first-order chi connectivity index (χ1) is 7.65. The molecule has 0 spiro atoms. The molecule has 4 heteroatoms. The van der Waals surface area contributed by atoms with Crippen molar-refractivity contribution in [3.63, 3.8) is 0 Å². The van der Waals surface area contributed by atoms with Gasteiger partial charge in [-0.3, -0.25) is 4.79 Å². The molecule has 1 heterocycles. The van der Waals surface area contributed by atoms with E-state index in [2.05, 4.69) is 0 Å². The molecule has 1 aliphatic rings. The maximum atomic E-state index is 12.1. The standard InChI is InChI=1S/C12H16N2O2/c1-13-8-11(16-3)14(2)10-7-5-4-6-9(10)12(13)15/h4-7,11H,8H2,1-3H3. The highest BCUT2D eigenvalue weighted by Gasteiger charge is 2.28. The second kappa shape index (κ2) is 4.14. The van der Waals surface area contributed by atoms with Gasteiger partial charge in [-0.25, -0.2) is 0 Å². The van der Waals surface area contributed by atoms with Crippen LogP contribution in [0.15, 0.2) is 24.3 Å². The van der Waals surface area contributed by atoms with Crippen molar-refractivity contribution in [1.29, 1.82) is 0 Å². The van der Waals surface area contributed by atoms with Crippen molar-refractivity contribution in [1.82, 2.24) is 4.90 Å². The third-order valence-corrected chi connectivity index (χ3v) is 3.00. The van der Waals surface area contributed by atoms with Gasteiger partial charge in [0.05, 0.1) is 17.8 Å². The van der Waals surface area contributed by atoms with Gasteiger partial charge in [0.25, 0.3) is 5.91 Å². The predicted molar refractivity (Wildman–Crippen MR) is 62.6 cm³/mol. The van der Waals surface area contributed by atoms with Crippen LogP contribution in [0.1, 0.15) is 10.4 Å². The summed E-state index contributed by atoms with van der Waals surface area (Å²) in [5.41, 5.74) is 1.65. The Balaban J connectivity index is 2.50. The van der Waals surface area contributed by atoms with Crippen molar-refractivity contribution in [3.8, 4) is 0 Å². The molecule has 1 aromatic carbocycles. The smallest absolute Gasteiger partial charge is 0.255 e. The Labute approximate surface area is 95.4 Å². The first-order valence-electron chi connectivity index (χ1n) is 5.25. The van der Waals surface area contributed by atoms with Crippen LogP contribution in [0.4, 0.5) is 5.69 Å². The van der Waals surface area contributed by atoms with Gasteiger partial charge in [-0.15, -0.1) is 0 Å². The highest BCUT2D eigenvalue weighted by Crippen LogP contribution is 2.25. The van der Waals surface area contributed by atoms with E-state index in [1.807, 2.05) is 36.2 Å². The van der Waals surface area contributed by atoms with Gasteiger partial charge in [0.1, 0.15) is 6.23 Å². The Morgan fingerprint density at radius 1 is 1.31 bits per heavy atom. The molecule has 4 nitrogen and oxygen atoms in total. The zero-order chi connectivity index (χ0) is 11.7. The van der Waals surface area contributed by atoms with Crippen molar-refractivity contribution in [3.05, 3.63) is 29.8 Å². The van der Waals surface area contributed by atoms with Gasteiger partial charge in [-0.1, -0.05) is 12.1 Å². The van der Waals surface area contributed by atoms with E-state index in [0.29, 0.717) is 6.54 Å². The largest absolute Gasteiger partial charge is 0.360 e. The summed E-state index contributed by atoms with van der Waals surface area (Å²) in [4.78, 5) is 15.8. The van der Waals surface area contributed by atoms with Crippen LogP contribution in [0, 0.1) is 0 Å². The molecule has 2 rings (SSSR count). The number of rotatable bonds is 1. The van der Waals surface area contributed by atoms with E-state index in [4.69, 9.17) is 4.74 Å². The molecule has 1 atom stereocenters. The number of anilines is 1. The molecule has 1 aliphatic heterocycles. The highest BCUT2D eigenvalue weighted by atomic mass is 16.5. The Bertz CT molecular complexity index is 406. The molecule has 0 N–H and O–H groups in total. The van der Waals surface area contributed by atoms with Gasteiger partial charge in [-0.05, 0) is 12.1 Å². The van der Waals surface area contributed by atoms with Crippen LogP contribution in [0.5, 0.6) is 0 Å².